The Hall–Kier alpha value is -2.59. The van der Waals surface area contributed by atoms with E-state index in [0.29, 0.717) is 6.54 Å². The van der Waals surface area contributed by atoms with Crippen LogP contribution in [-0.4, -0.2) is 20.7 Å². The van der Waals surface area contributed by atoms with Gasteiger partial charge in [-0.1, -0.05) is 30.3 Å². The van der Waals surface area contributed by atoms with Gasteiger partial charge in [0, 0.05) is 42.7 Å². The van der Waals surface area contributed by atoms with Gasteiger partial charge in [-0.15, -0.1) is 0 Å². The van der Waals surface area contributed by atoms with E-state index in [-0.39, 0.29) is 5.92 Å². The van der Waals surface area contributed by atoms with Crippen LogP contribution in [0, 0.1) is 6.92 Å². The zero-order valence-corrected chi connectivity index (χ0v) is 15.7. The first kappa shape index (κ1) is 16.9. The van der Waals surface area contributed by atoms with Crippen molar-refractivity contribution in [3.8, 4) is 0 Å². The number of imidazole rings is 1. The van der Waals surface area contributed by atoms with E-state index < -0.39 is 0 Å². The minimum atomic E-state index is 0.201. The Balaban J connectivity index is 1.82. The monoisotopic (exact) mass is 346 g/mol. The van der Waals surface area contributed by atoms with Crippen LogP contribution in [0.25, 0.3) is 21.9 Å². The van der Waals surface area contributed by atoms with Crippen molar-refractivity contribution in [2.24, 2.45) is 12.8 Å². The molecular formula is C22H26N4. The fourth-order valence-corrected chi connectivity index (χ4v) is 4.12. The van der Waals surface area contributed by atoms with Gasteiger partial charge in [-0.3, -0.25) is 0 Å². The summed E-state index contributed by atoms with van der Waals surface area (Å²) in [5.74, 6) is 1.30. The van der Waals surface area contributed by atoms with Crippen molar-refractivity contribution in [2.75, 3.05) is 6.54 Å². The summed E-state index contributed by atoms with van der Waals surface area (Å²) in [7, 11) is 2.14. The number of fused-ring (bicyclic) bond motifs is 2. The van der Waals surface area contributed by atoms with E-state index in [0.717, 1.165) is 24.3 Å². The van der Waals surface area contributed by atoms with Crippen LogP contribution in [0.4, 0.5) is 0 Å². The van der Waals surface area contributed by atoms with Crippen LogP contribution in [0.5, 0.6) is 0 Å². The number of nitrogens with zero attached hydrogens (tertiary/aromatic N) is 3. The summed E-state index contributed by atoms with van der Waals surface area (Å²) in [6, 6.07) is 17.0. The molecule has 0 aliphatic carbocycles. The van der Waals surface area contributed by atoms with E-state index in [1.807, 2.05) is 6.07 Å². The third kappa shape index (κ3) is 2.53. The molecule has 4 nitrogen and oxygen atoms in total. The number of aromatic nitrogens is 3. The highest BCUT2D eigenvalue weighted by Gasteiger charge is 2.22. The lowest BCUT2D eigenvalue weighted by Crippen LogP contribution is -2.20. The summed E-state index contributed by atoms with van der Waals surface area (Å²) in [6.45, 7) is 5.87. The van der Waals surface area contributed by atoms with Crippen molar-refractivity contribution >= 4 is 21.9 Å². The Morgan fingerprint density at radius 2 is 1.73 bits per heavy atom. The predicted octanol–water partition coefficient (Wildman–Crippen LogP) is 4.14. The molecule has 2 N–H and O–H groups in total. The second-order valence-corrected chi connectivity index (χ2v) is 6.98. The second kappa shape index (κ2) is 6.61. The fourth-order valence-electron chi connectivity index (χ4n) is 4.12. The molecule has 2 aromatic heterocycles. The third-order valence-corrected chi connectivity index (χ3v) is 5.63. The van der Waals surface area contributed by atoms with Crippen molar-refractivity contribution in [1.29, 1.82) is 0 Å². The first-order chi connectivity index (χ1) is 12.7. The number of aryl methyl sites for hydroxylation is 2. The minimum Gasteiger partial charge on any atom is -0.348 e. The standard InChI is InChI=1S/C22H26N4/c1-4-26-21-12-8-6-10-19(21)24-22(26)16(14-23)13-18-15(2)25(3)20-11-7-5-9-17(18)20/h5-12,16H,4,13-14,23H2,1-3H3. The number of benzene rings is 2. The summed E-state index contributed by atoms with van der Waals surface area (Å²) < 4.78 is 4.59. The maximum atomic E-state index is 6.24. The number of para-hydroxylation sites is 3. The topological polar surface area (TPSA) is 48.8 Å². The number of rotatable bonds is 5. The van der Waals surface area contributed by atoms with Crippen LogP contribution in [0.15, 0.2) is 48.5 Å². The van der Waals surface area contributed by atoms with Crippen molar-refractivity contribution in [2.45, 2.75) is 32.7 Å². The van der Waals surface area contributed by atoms with Gasteiger partial charge in [-0.25, -0.2) is 4.98 Å². The molecule has 0 spiro atoms. The van der Waals surface area contributed by atoms with Gasteiger partial charge in [0.1, 0.15) is 5.82 Å². The molecule has 4 rings (SSSR count). The molecule has 1 atom stereocenters. The lowest BCUT2D eigenvalue weighted by Gasteiger charge is -2.17. The molecule has 2 heterocycles. The molecule has 0 bridgehead atoms. The highest BCUT2D eigenvalue weighted by Crippen LogP contribution is 2.31. The van der Waals surface area contributed by atoms with Crippen LogP contribution >= 0.6 is 0 Å². The van der Waals surface area contributed by atoms with Gasteiger partial charge in [0.05, 0.1) is 11.0 Å². The maximum Gasteiger partial charge on any atom is 0.114 e. The average Bonchev–Trinajstić information content (AvgIpc) is 3.16. The summed E-state index contributed by atoms with van der Waals surface area (Å²) in [5, 5.41) is 1.32. The van der Waals surface area contributed by atoms with Crippen LogP contribution in [0.1, 0.15) is 29.9 Å². The SMILES string of the molecule is CCn1c(C(CN)Cc2c(C)n(C)c3ccccc23)nc2ccccc21. The van der Waals surface area contributed by atoms with Crippen molar-refractivity contribution < 1.29 is 0 Å². The molecule has 0 aliphatic rings. The highest BCUT2D eigenvalue weighted by atomic mass is 15.1. The molecule has 4 heteroatoms. The Kier molecular flexibility index (Phi) is 4.29. The molecule has 0 saturated carbocycles. The summed E-state index contributed by atoms with van der Waals surface area (Å²) in [6.07, 6.45) is 0.910. The van der Waals surface area contributed by atoms with Crippen molar-refractivity contribution in [3.05, 3.63) is 65.6 Å². The highest BCUT2D eigenvalue weighted by molar-refractivity contribution is 5.85. The fraction of sp³-hybridized carbons (Fsp3) is 0.318. The zero-order chi connectivity index (χ0) is 18.3. The molecule has 4 aromatic rings. The van der Waals surface area contributed by atoms with Gasteiger partial charge in [0.25, 0.3) is 0 Å². The van der Waals surface area contributed by atoms with E-state index in [2.05, 4.69) is 72.5 Å². The van der Waals surface area contributed by atoms with Crippen molar-refractivity contribution in [1.82, 2.24) is 14.1 Å². The van der Waals surface area contributed by atoms with Gasteiger partial charge in [0.2, 0.25) is 0 Å². The van der Waals surface area contributed by atoms with E-state index in [1.54, 1.807) is 0 Å². The molecule has 0 aliphatic heterocycles. The molecule has 134 valence electrons. The van der Waals surface area contributed by atoms with Gasteiger partial charge < -0.3 is 14.9 Å². The van der Waals surface area contributed by atoms with Crippen LogP contribution in [0.2, 0.25) is 0 Å². The van der Waals surface area contributed by atoms with Gasteiger partial charge >= 0.3 is 0 Å². The van der Waals surface area contributed by atoms with Crippen LogP contribution in [-0.2, 0) is 20.0 Å². The normalized spacial score (nSPS) is 12.9. The quantitative estimate of drug-likeness (QED) is 0.590. The Labute approximate surface area is 154 Å². The minimum absolute atomic E-state index is 0.201. The molecule has 0 radical (unpaired) electrons. The van der Waals surface area contributed by atoms with E-state index in [4.69, 9.17) is 10.7 Å². The van der Waals surface area contributed by atoms with Crippen molar-refractivity contribution in [3.63, 3.8) is 0 Å². The number of nitrogens with two attached hydrogens (primary N) is 1. The zero-order valence-electron chi connectivity index (χ0n) is 15.7. The van der Waals surface area contributed by atoms with E-state index >= 15 is 0 Å². The molecule has 0 saturated heterocycles. The van der Waals surface area contributed by atoms with Crippen LogP contribution < -0.4 is 5.73 Å². The van der Waals surface area contributed by atoms with Gasteiger partial charge in [0.15, 0.2) is 0 Å². The van der Waals surface area contributed by atoms with Gasteiger partial charge in [-0.05, 0) is 44.0 Å². The predicted molar refractivity (Wildman–Crippen MR) is 109 cm³/mol. The second-order valence-electron chi connectivity index (χ2n) is 6.98. The molecule has 0 fully saturated rings. The molecule has 26 heavy (non-hydrogen) atoms. The molecule has 0 amide bonds. The maximum absolute atomic E-state index is 6.24. The lowest BCUT2D eigenvalue weighted by atomic mass is 9.96. The largest absolute Gasteiger partial charge is 0.348 e. The molecule has 1 unspecified atom stereocenters. The third-order valence-electron chi connectivity index (χ3n) is 5.63. The Bertz CT molecular complexity index is 1070. The Morgan fingerprint density at radius 3 is 2.46 bits per heavy atom. The Morgan fingerprint density at radius 1 is 1.04 bits per heavy atom. The van der Waals surface area contributed by atoms with Gasteiger partial charge in [-0.2, -0.15) is 0 Å². The summed E-state index contributed by atoms with van der Waals surface area (Å²) >= 11 is 0. The van der Waals surface area contributed by atoms with E-state index in [9.17, 15) is 0 Å². The number of hydrogen-bond donors (Lipinski definition) is 1. The first-order valence-electron chi connectivity index (χ1n) is 9.33. The lowest BCUT2D eigenvalue weighted by molar-refractivity contribution is 0.597. The smallest absolute Gasteiger partial charge is 0.114 e. The molecule has 2 aromatic carbocycles. The summed E-state index contributed by atoms with van der Waals surface area (Å²) in [5.41, 5.74) is 12.5. The van der Waals surface area contributed by atoms with Crippen LogP contribution in [0.3, 0.4) is 0 Å². The average molecular weight is 346 g/mol. The van der Waals surface area contributed by atoms with E-state index in [1.165, 1.54) is 27.7 Å². The first-order valence-corrected chi connectivity index (χ1v) is 9.33. The summed E-state index contributed by atoms with van der Waals surface area (Å²) in [4.78, 5) is 4.94. The molecular weight excluding hydrogens is 320 g/mol. The number of hydrogen-bond acceptors (Lipinski definition) is 2.